The average Bonchev–Trinajstić information content (AvgIpc) is 2.42. The van der Waals surface area contributed by atoms with Crippen molar-refractivity contribution < 1.29 is 35.7 Å². The predicted octanol–water partition coefficient (Wildman–Crippen LogP) is 5.30. The highest BCUT2D eigenvalue weighted by molar-refractivity contribution is 5.36. The highest BCUT2D eigenvalue weighted by atomic mass is 19.4. The minimum absolute atomic E-state index is 0.0157. The molecule has 0 spiro atoms. The third-order valence-corrected chi connectivity index (χ3v) is 2.25. The highest BCUT2D eigenvalue weighted by Gasteiger charge is 2.73. The van der Waals surface area contributed by atoms with Crippen LogP contribution in [0.4, 0.5) is 30.7 Å². The van der Waals surface area contributed by atoms with E-state index in [4.69, 9.17) is 0 Å². The van der Waals surface area contributed by atoms with E-state index in [9.17, 15) is 40.8 Å². The van der Waals surface area contributed by atoms with Gasteiger partial charge in [-0.2, -0.15) is 26.3 Å². The van der Waals surface area contributed by atoms with E-state index in [0.717, 1.165) is 0 Å². The smallest absolute Gasteiger partial charge is 0.258 e. The molecule has 0 amide bonds. The topological polar surface area (TPSA) is 43.1 Å². The Hall–Kier alpha value is -2.13. The average molecular weight is 349 g/mol. The second-order valence-corrected chi connectivity index (χ2v) is 3.53. The van der Waals surface area contributed by atoms with Gasteiger partial charge in [-0.15, -0.1) is 0 Å². The molecule has 0 fully saturated rings. The number of hydrogen-bond acceptors (Lipinski definition) is 2. The summed E-state index contributed by atoms with van der Waals surface area (Å²) in [6.45, 7) is 9.61. The number of nitrogens with zero attached hydrogens (tertiary/aromatic N) is 1. The van der Waals surface area contributed by atoms with Crippen molar-refractivity contribution >= 4 is 0 Å². The highest BCUT2D eigenvalue weighted by Crippen LogP contribution is 2.50. The van der Waals surface area contributed by atoms with E-state index in [0.29, 0.717) is 6.08 Å². The van der Waals surface area contributed by atoms with E-state index < -0.39 is 34.2 Å². The monoisotopic (exact) mass is 349 g/mol. The third-order valence-electron chi connectivity index (χ3n) is 2.25. The van der Waals surface area contributed by atoms with Crippen molar-refractivity contribution in [3.8, 4) is 0 Å². The first kappa shape index (κ1) is 23.1. The molecule has 0 aromatic carbocycles. The fourth-order valence-electron chi connectivity index (χ4n) is 1.19. The SMILES string of the molecule is C=C/C(=C\C=C(/C=C)C(F)(C(F)(F)F)C(F)(F)F)[N+](=O)[O-].CC. The molecule has 0 aromatic heterocycles. The van der Waals surface area contributed by atoms with Gasteiger partial charge in [0.1, 0.15) is 0 Å². The molecule has 0 atom stereocenters. The van der Waals surface area contributed by atoms with Crippen LogP contribution in [0.2, 0.25) is 0 Å². The lowest BCUT2D eigenvalue weighted by Crippen LogP contribution is -2.54. The molecule has 10 heteroatoms. The van der Waals surface area contributed by atoms with Gasteiger partial charge in [0.05, 0.1) is 4.92 Å². The lowest BCUT2D eigenvalue weighted by atomic mass is 9.93. The Morgan fingerprint density at radius 2 is 1.30 bits per heavy atom. The number of rotatable bonds is 5. The molecule has 0 aliphatic carbocycles. The molecule has 3 nitrogen and oxygen atoms in total. The first-order valence-corrected chi connectivity index (χ1v) is 5.97. The van der Waals surface area contributed by atoms with Gasteiger partial charge in [-0.3, -0.25) is 10.1 Å². The zero-order valence-corrected chi connectivity index (χ0v) is 12.1. The largest absolute Gasteiger partial charge is 0.435 e. The number of allylic oxidation sites excluding steroid dienone is 5. The summed E-state index contributed by atoms with van der Waals surface area (Å²) in [7, 11) is 0. The Labute approximate surface area is 127 Å². The van der Waals surface area contributed by atoms with Crippen LogP contribution in [0.1, 0.15) is 13.8 Å². The van der Waals surface area contributed by atoms with Gasteiger partial charge in [-0.1, -0.05) is 33.1 Å². The molecule has 0 heterocycles. The van der Waals surface area contributed by atoms with Crippen molar-refractivity contribution in [1.82, 2.24) is 0 Å². The lowest BCUT2D eigenvalue weighted by molar-refractivity contribution is -0.418. The minimum Gasteiger partial charge on any atom is -0.258 e. The third kappa shape index (κ3) is 5.22. The van der Waals surface area contributed by atoms with Crippen LogP contribution in [0, 0.1) is 10.1 Å². The maximum absolute atomic E-state index is 13.6. The Morgan fingerprint density at radius 1 is 0.913 bits per heavy atom. The quantitative estimate of drug-likeness (QED) is 0.292. The summed E-state index contributed by atoms with van der Waals surface area (Å²) in [6.07, 6.45) is -11.8. The van der Waals surface area contributed by atoms with Gasteiger partial charge in [-0.25, -0.2) is 4.39 Å². The number of alkyl halides is 7. The Balaban J connectivity index is 0. The van der Waals surface area contributed by atoms with Gasteiger partial charge in [-0.05, 0) is 6.08 Å². The molecular formula is C13H14F7NO2. The van der Waals surface area contributed by atoms with Gasteiger partial charge >= 0.3 is 18.0 Å². The van der Waals surface area contributed by atoms with Crippen LogP contribution >= 0.6 is 0 Å². The summed E-state index contributed by atoms with van der Waals surface area (Å²) in [5.74, 6) is 0. The molecule has 0 aliphatic heterocycles. The molecule has 0 rings (SSSR count). The molecule has 0 bridgehead atoms. The van der Waals surface area contributed by atoms with Crippen LogP contribution in [0.3, 0.4) is 0 Å². The van der Waals surface area contributed by atoms with E-state index in [1.807, 2.05) is 13.8 Å². The first-order chi connectivity index (χ1) is 10.3. The van der Waals surface area contributed by atoms with Crippen LogP contribution < -0.4 is 0 Å². The molecule has 0 aliphatic rings. The molecule has 0 unspecified atom stereocenters. The lowest BCUT2D eigenvalue weighted by Gasteiger charge is -2.30. The summed E-state index contributed by atoms with van der Waals surface area (Å²) < 4.78 is 88.3. The first-order valence-electron chi connectivity index (χ1n) is 5.97. The van der Waals surface area contributed by atoms with E-state index >= 15 is 0 Å². The second kappa shape index (κ2) is 8.49. The molecule has 0 saturated heterocycles. The maximum atomic E-state index is 13.6. The molecule has 132 valence electrons. The molecule has 0 saturated carbocycles. The van der Waals surface area contributed by atoms with Gasteiger partial charge in [0.15, 0.2) is 0 Å². The summed E-state index contributed by atoms with van der Waals surface area (Å²) in [5.41, 5.74) is -8.54. The van der Waals surface area contributed by atoms with Crippen molar-refractivity contribution in [3.63, 3.8) is 0 Å². The Kier molecular flexibility index (Phi) is 8.54. The summed E-state index contributed by atoms with van der Waals surface area (Å²) in [4.78, 5) is 9.23. The number of nitro groups is 1. The summed E-state index contributed by atoms with van der Waals surface area (Å²) in [6, 6.07) is 0. The number of halogens is 7. The second-order valence-electron chi connectivity index (χ2n) is 3.53. The van der Waals surface area contributed by atoms with Crippen molar-refractivity contribution in [2.75, 3.05) is 0 Å². The van der Waals surface area contributed by atoms with Gasteiger partial charge in [0, 0.05) is 17.7 Å². The van der Waals surface area contributed by atoms with Crippen molar-refractivity contribution in [1.29, 1.82) is 0 Å². The Bertz CT molecular complexity index is 487. The van der Waals surface area contributed by atoms with Crippen LogP contribution in [0.15, 0.2) is 48.7 Å². The van der Waals surface area contributed by atoms with Crippen LogP contribution in [0.5, 0.6) is 0 Å². The normalized spacial score (nSPS) is 13.8. The number of hydrogen-bond donors (Lipinski definition) is 0. The predicted molar refractivity (Wildman–Crippen MR) is 70.9 cm³/mol. The van der Waals surface area contributed by atoms with Crippen LogP contribution in [-0.2, 0) is 0 Å². The van der Waals surface area contributed by atoms with Crippen molar-refractivity contribution in [2.45, 2.75) is 31.9 Å². The van der Waals surface area contributed by atoms with Crippen molar-refractivity contribution in [2.24, 2.45) is 0 Å². The fraction of sp³-hybridized carbons (Fsp3) is 0.385. The van der Waals surface area contributed by atoms with Crippen LogP contribution in [-0.4, -0.2) is 22.9 Å². The molecule has 0 N–H and O–H groups in total. The van der Waals surface area contributed by atoms with Gasteiger partial charge < -0.3 is 0 Å². The van der Waals surface area contributed by atoms with Gasteiger partial charge in [0.2, 0.25) is 0 Å². The summed E-state index contributed by atoms with van der Waals surface area (Å²) >= 11 is 0. The summed E-state index contributed by atoms with van der Waals surface area (Å²) in [5, 5.41) is 10.3. The maximum Gasteiger partial charge on any atom is 0.435 e. The van der Waals surface area contributed by atoms with Gasteiger partial charge in [0.25, 0.3) is 5.70 Å². The van der Waals surface area contributed by atoms with Crippen LogP contribution in [0.25, 0.3) is 0 Å². The molecule has 23 heavy (non-hydrogen) atoms. The van der Waals surface area contributed by atoms with Crippen molar-refractivity contribution in [3.05, 3.63) is 58.8 Å². The zero-order chi connectivity index (χ0) is 19.1. The Morgan fingerprint density at radius 3 is 1.52 bits per heavy atom. The zero-order valence-electron chi connectivity index (χ0n) is 12.1. The van der Waals surface area contributed by atoms with E-state index in [-0.39, 0.29) is 18.2 Å². The van der Waals surface area contributed by atoms with E-state index in [2.05, 4.69) is 13.2 Å². The molecular weight excluding hydrogens is 335 g/mol. The fourth-order valence-corrected chi connectivity index (χ4v) is 1.19. The van der Waals surface area contributed by atoms with E-state index in [1.54, 1.807) is 0 Å². The molecule has 0 aromatic rings. The minimum atomic E-state index is -6.32. The molecule has 0 radical (unpaired) electrons. The van der Waals surface area contributed by atoms with E-state index in [1.165, 1.54) is 0 Å². The standard InChI is InChI=1S/C11H8F7NO2.C2H6/c1-3-7(5-6-8(4-2)19(20)21)9(12,10(13,14)15)11(16,17)18;1-2/h3-6H,1-2H2;1-2H3/b7-5+,8-6+;.